The van der Waals surface area contributed by atoms with E-state index in [4.69, 9.17) is 0 Å². The number of halogens is 1. The van der Waals surface area contributed by atoms with E-state index >= 15 is 0 Å². The maximum Gasteiger partial charge on any atom is 0.213 e. The third-order valence-corrected chi connectivity index (χ3v) is 3.08. The number of pyridine rings is 1. The van der Waals surface area contributed by atoms with Crippen molar-refractivity contribution in [3.63, 3.8) is 0 Å². The molecule has 3 aromatic rings. The molecule has 3 rings (SSSR count). The molecule has 0 radical (unpaired) electrons. The van der Waals surface area contributed by atoms with Crippen LogP contribution in [0.5, 0.6) is 0 Å². The first-order chi connectivity index (χ1) is 8.40. The first kappa shape index (κ1) is 10.2. The van der Waals surface area contributed by atoms with Crippen LogP contribution in [0.15, 0.2) is 54.7 Å². The first-order valence-corrected chi connectivity index (χ1v) is 5.76. The number of para-hydroxylation sites is 1. The molecule has 2 heteroatoms. The highest BCUT2D eigenvalue weighted by molar-refractivity contribution is 6.03. The van der Waals surface area contributed by atoms with Crippen LogP contribution in [0.4, 0.5) is 4.39 Å². The summed E-state index contributed by atoms with van der Waals surface area (Å²) in [6.45, 7) is 0.0678. The molecule has 0 aliphatic carbocycles. The van der Waals surface area contributed by atoms with Crippen LogP contribution >= 0.6 is 0 Å². The van der Waals surface area contributed by atoms with Crippen LogP contribution in [0.1, 0.15) is 0 Å². The Hall–Kier alpha value is -1.96. The molecule has 1 heterocycles. The van der Waals surface area contributed by atoms with Crippen molar-refractivity contribution in [2.75, 3.05) is 6.67 Å². The second-order valence-electron chi connectivity index (χ2n) is 4.12. The second-order valence-corrected chi connectivity index (χ2v) is 4.12. The molecule has 0 aliphatic heterocycles. The zero-order valence-electron chi connectivity index (χ0n) is 9.44. The van der Waals surface area contributed by atoms with Gasteiger partial charge >= 0.3 is 0 Å². The summed E-state index contributed by atoms with van der Waals surface area (Å²) in [5.74, 6) is 0. The molecule has 0 unspecified atom stereocenters. The molecule has 0 amide bonds. The Balaban J connectivity index is 2.45. The molecule has 0 atom stereocenters. The molecule has 0 fully saturated rings. The third kappa shape index (κ3) is 1.66. The Bertz CT molecular complexity index is 676. The lowest BCUT2D eigenvalue weighted by molar-refractivity contribution is -0.670. The molecule has 1 nitrogen and oxygen atoms in total. The SMILES string of the molecule is [18F]CC[n+]1cc2ccccc2c2ccccc21. The van der Waals surface area contributed by atoms with Crippen LogP contribution in [-0.4, -0.2) is 6.67 Å². The molecule has 1 aromatic heterocycles. The van der Waals surface area contributed by atoms with Crippen molar-refractivity contribution < 1.29 is 8.96 Å². The van der Waals surface area contributed by atoms with Crippen LogP contribution < -0.4 is 4.57 Å². The summed E-state index contributed by atoms with van der Waals surface area (Å²) in [6.07, 6.45) is 2.03. The fourth-order valence-corrected chi connectivity index (χ4v) is 2.32. The van der Waals surface area contributed by atoms with Gasteiger partial charge in [0.2, 0.25) is 5.52 Å². The zero-order chi connectivity index (χ0) is 11.7. The lowest BCUT2D eigenvalue weighted by Gasteiger charge is -2.03. The number of aryl methyl sites for hydroxylation is 1. The normalized spacial score (nSPS) is 11.1. The van der Waals surface area contributed by atoms with Crippen LogP contribution in [0.3, 0.4) is 0 Å². The highest BCUT2D eigenvalue weighted by Gasteiger charge is 2.11. The van der Waals surface area contributed by atoms with Crippen LogP contribution in [0, 0.1) is 0 Å². The van der Waals surface area contributed by atoms with Crippen molar-refractivity contribution >= 4 is 21.7 Å². The summed E-state index contributed by atoms with van der Waals surface area (Å²) in [6, 6.07) is 16.4. The number of hydrogen-bond donors (Lipinski definition) is 0. The maximum absolute atomic E-state index is 12.6. The first-order valence-electron chi connectivity index (χ1n) is 5.76. The van der Waals surface area contributed by atoms with Gasteiger partial charge in [-0.05, 0) is 12.1 Å². The summed E-state index contributed by atoms with van der Waals surface area (Å²) in [5.41, 5.74) is 1.09. The number of rotatable bonds is 2. The number of alkyl halides is 1. The van der Waals surface area contributed by atoms with Crippen molar-refractivity contribution in [3.05, 3.63) is 54.7 Å². The summed E-state index contributed by atoms with van der Waals surface area (Å²) in [7, 11) is 0. The van der Waals surface area contributed by atoms with E-state index in [1.807, 2.05) is 41.1 Å². The minimum absolute atomic E-state index is 0.340. The number of aromatic nitrogens is 1. The van der Waals surface area contributed by atoms with Crippen LogP contribution in [-0.2, 0) is 6.54 Å². The van der Waals surface area contributed by atoms with Crippen LogP contribution in [0.2, 0.25) is 0 Å². The Morgan fingerprint density at radius 2 is 1.59 bits per heavy atom. The van der Waals surface area contributed by atoms with E-state index in [0.717, 1.165) is 10.9 Å². The largest absolute Gasteiger partial charge is 0.244 e. The fraction of sp³-hybridized carbons (Fsp3) is 0.133. The predicted octanol–water partition coefficient (Wildman–Crippen LogP) is 3.25. The Labute approximate surface area is 99.1 Å². The molecular weight excluding hydrogens is 212 g/mol. The van der Waals surface area contributed by atoms with Crippen molar-refractivity contribution in [3.8, 4) is 0 Å². The monoisotopic (exact) mass is 225 g/mol. The average Bonchev–Trinajstić information content (AvgIpc) is 2.39. The van der Waals surface area contributed by atoms with E-state index in [-0.39, 0.29) is 6.67 Å². The van der Waals surface area contributed by atoms with Gasteiger partial charge in [-0.25, -0.2) is 4.39 Å². The van der Waals surface area contributed by atoms with Crippen molar-refractivity contribution in [2.45, 2.75) is 6.54 Å². The Morgan fingerprint density at radius 1 is 0.882 bits per heavy atom. The Morgan fingerprint density at radius 3 is 2.41 bits per heavy atom. The smallest absolute Gasteiger partial charge is 0.213 e. The van der Waals surface area contributed by atoms with Gasteiger partial charge in [0.25, 0.3) is 0 Å². The van der Waals surface area contributed by atoms with E-state index in [0.29, 0.717) is 6.54 Å². The topological polar surface area (TPSA) is 3.88 Å². The van der Waals surface area contributed by atoms with E-state index in [1.54, 1.807) is 0 Å². The van der Waals surface area contributed by atoms with Crippen LogP contribution in [0.25, 0.3) is 21.7 Å². The zero-order valence-corrected chi connectivity index (χ0v) is 9.44. The highest BCUT2D eigenvalue weighted by atomic mass is 18.2. The number of fused-ring (bicyclic) bond motifs is 3. The summed E-state index contributed by atoms with van der Waals surface area (Å²) >= 11 is 0. The van der Waals surface area contributed by atoms with E-state index in [9.17, 15) is 4.39 Å². The molecule has 84 valence electrons. The van der Waals surface area contributed by atoms with Crippen molar-refractivity contribution in [1.29, 1.82) is 0 Å². The summed E-state index contributed by atoms with van der Waals surface area (Å²) in [4.78, 5) is 0. The highest BCUT2D eigenvalue weighted by Crippen LogP contribution is 2.21. The van der Waals surface area contributed by atoms with E-state index < -0.39 is 0 Å². The minimum atomic E-state index is -0.340. The number of nitrogens with zero attached hydrogens (tertiary/aromatic N) is 1. The fourth-order valence-electron chi connectivity index (χ4n) is 2.32. The molecule has 2 aromatic carbocycles. The summed E-state index contributed by atoms with van der Waals surface area (Å²) < 4.78 is 14.6. The molecular formula is C15H13FN+. The van der Waals surface area contributed by atoms with E-state index in [1.165, 1.54) is 10.8 Å². The lowest BCUT2D eigenvalue weighted by atomic mass is 10.1. The van der Waals surface area contributed by atoms with Gasteiger partial charge in [-0.15, -0.1) is 0 Å². The molecule has 0 saturated heterocycles. The number of benzene rings is 2. The molecule has 17 heavy (non-hydrogen) atoms. The molecule has 0 saturated carbocycles. The lowest BCUT2D eigenvalue weighted by Crippen LogP contribution is -2.35. The molecule has 0 aliphatic rings. The van der Waals surface area contributed by atoms with Crippen molar-refractivity contribution in [2.24, 2.45) is 0 Å². The van der Waals surface area contributed by atoms with Gasteiger partial charge in [0.05, 0.1) is 5.39 Å². The second kappa shape index (κ2) is 4.13. The molecule has 0 N–H and O–H groups in total. The maximum atomic E-state index is 12.6. The van der Waals surface area contributed by atoms with Gasteiger partial charge < -0.3 is 0 Å². The van der Waals surface area contributed by atoms with Gasteiger partial charge in [0, 0.05) is 16.8 Å². The standard InChI is InChI=1S/C15H13FN/c16-9-10-17-11-12-5-1-2-6-13(12)14-7-3-4-8-15(14)17/h1-8,11H,9-10H2/q+1/i16-1. The average molecular weight is 225 g/mol. The minimum Gasteiger partial charge on any atom is -0.244 e. The van der Waals surface area contributed by atoms with Crippen molar-refractivity contribution in [1.82, 2.24) is 0 Å². The molecule has 0 spiro atoms. The Kier molecular flexibility index (Phi) is 2.48. The van der Waals surface area contributed by atoms with Gasteiger partial charge in [-0.1, -0.05) is 30.3 Å². The van der Waals surface area contributed by atoms with Gasteiger partial charge in [0.15, 0.2) is 12.7 Å². The molecule has 0 bridgehead atoms. The van der Waals surface area contributed by atoms with Gasteiger partial charge in [-0.3, -0.25) is 0 Å². The van der Waals surface area contributed by atoms with Gasteiger partial charge in [0.1, 0.15) is 6.67 Å². The van der Waals surface area contributed by atoms with Gasteiger partial charge in [-0.2, -0.15) is 4.57 Å². The number of hydrogen-bond acceptors (Lipinski definition) is 0. The predicted molar refractivity (Wildman–Crippen MR) is 67.6 cm³/mol. The quantitative estimate of drug-likeness (QED) is 0.465. The summed E-state index contributed by atoms with van der Waals surface area (Å²) in [5, 5.41) is 3.55. The third-order valence-electron chi connectivity index (χ3n) is 3.08. The van der Waals surface area contributed by atoms with E-state index in [2.05, 4.69) is 18.2 Å².